The fraction of sp³-hybridized carbons (Fsp3) is 0.167. The van der Waals surface area contributed by atoms with E-state index < -0.39 is 0 Å². The van der Waals surface area contributed by atoms with Crippen molar-refractivity contribution in [3.8, 4) is 28.5 Å². The lowest BCUT2D eigenvalue weighted by atomic mass is 10.0. The lowest BCUT2D eigenvalue weighted by Crippen LogP contribution is -2.09. The molecular weight excluding hydrogens is 322 g/mol. The predicted octanol–water partition coefficient (Wildman–Crippen LogP) is 2.98. The molecule has 2 N–H and O–H groups in total. The molecule has 3 aromatic rings. The summed E-state index contributed by atoms with van der Waals surface area (Å²) in [6.45, 7) is 1.35. The molecule has 0 spiro atoms. The number of rotatable bonds is 4. The van der Waals surface area contributed by atoms with Crippen molar-refractivity contribution in [1.29, 1.82) is 0 Å². The van der Waals surface area contributed by atoms with E-state index in [0.717, 1.165) is 11.1 Å². The molecule has 3 rings (SSSR count). The summed E-state index contributed by atoms with van der Waals surface area (Å²) in [5.41, 5.74) is 2.28. The number of nitrogens with one attached hydrogen (secondary N) is 1. The van der Waals surface area contributed by atoms with Crippen molar-refractivity contribution in [2.45, 2.75) is 6.92 Å². The maximum atomic E-state index is 11.1. The monoisotopic (exact) mass is 339 g/mol. The van der Waals surface area contributed by atoms with Crippen molar-refractivity contribution in [3.63, 3.8) is 0 Å². The Bertz CT molecular complexity index is 956. The van der Waals surface area contributed by atoms with Crippen LogP contribution in [0.5, 0.6) is 17.4 Å². The molecule has 128 valence electrons. The van der Waals surface area contributed by atoms with Gasteiger partial charge < -0.3 is 14.6 Å². The van der Waals surface area contributed by atoms with Crippen LogP contribution in [0.15, 0.2) is 36.4 Å². The molecule has 1 aromatic heterocycles. The molecule has 0 aliphatic carbocycles. The van der Waals surface area contributed by atoms with Gasteiger partial charge in [0.2, 0.25) is 17.7 Å². The number of aromatic nitrogens is 2. The number of anilines is 1. The fourth-order valence-corrected chi connectivity index (χ4v) is 2.52. The third-order valence-corrected chi connectivity index (χ3v) is 3.68. The number of hydrogen-bond donors (Lipinski definition) is 2. The molecule has 0 bridgehead atoms. The Labute approximate surface area is 144 Å². The van der Waals surface area contributed by atoms with E-state index in [4.69, 9.17) is 9.47 Å². The lowest BCUT2D eigenvalue weighted by Gasteiger charge is -2.11. The van der Waals surface area contributed by atoms with Crippen molar-refractivity contribution in [2.24, 2.45) is 0 Å². The fourth-order valence-electron chi connectivity index (χ4n) is 2.52. The third kappa shape index (κ3) is 3.30. The van der Waals surface area contributed by atoms with Gasteiger partial charge in [0.25, 0.3) is 0 Å². The standard InChI is InChI=1S/C18H17N3O4/c1-10(22)19-18-20-14-6-4-11(8-13(14)17(23)21-18)12-5-7-15(24-2)16(9-12)25-3/h4-9H,1-3H3,(H2,19,20,21,22,23). The van der Waals surface area contributed by atoms with Gasteiger partial charge in [-0.1, -0.05) is 12.1 Å². The summed E-state index contributed by atoms with van der Waals surface area (Å²) in [6.07, 6.45) is 0. The number of hydrogen-bond acceptors (Lipinski definition) is 6. The van der Waals surface area contributed by atoms with E-state index in [1.807, 2.05) is 24.3 Å². The minimum Gasteiger partial charge on any atom is -0.493 e. The number of methoxy groups -OCH3 is 2. The summed E-state index contributed by atoms with van der Waals surface area (Å²) >= 11 is 0. The van der Waals surface area contributed by atoms with Crippen LogP contribution in [0.1, 0.15) is 6.92 Å². The number of benzene rings is 2. The van der Waals surface area contributed by atoms with Crippen LogP contribution >= 0.6 is 0 Å². The Morgan fingerprint density at radius 1 is 1.00 bits per heavy atom. The van der Waals surface area contributed by atoms with E-state index in [1.54, 1.807) is 26.4 Å². The Balaban J connectivity index is 2.07. The summed E-state index contributed by atoms with van der Waals surface area (Å²) in [5, 5.41) is 13.1. The first-order valence-corrected chi connectivity index (χ1v) is 7.52. The van der Waals surface area contributed by atoms with Gasteiger partial charge in [-0.15, -0.1) is 0 Å². The van der Waals surface area contributed by atoms with Gasteiger partial charge in [0.05, 0.1) is 25.1 Å². The zero-order chi connectivity index (χ0) is 18.0. The molecule has 0 atom stereocenters. The SMILES string of the molecule is COc1ccc(-c2ccc3nc(NC(C)=O)nc(O)c3c2)cc1OC. The molecule has 7 nitrogen and oxygen atoms in total. The smallest absolute Gasteiger partial charge is 0.233 e. The molecule has 0 fully saturated rings. The van der Waals surface area contributed by atoms with Crippen molar-refractivity contribution in [1.82, 2.24) is 9.97 Å². The van der Waals surface area contributed by atoms with E-state index in [2.05, 4.69) is 15.3 Å². The molecule has 0 saturated heterocycles. The van der Waals surface area contributed by atoms with Crippen molar-refractivity contribution in [2.75, 3.05) is 19.5 Å². The van der Waals surface area contributed by atoms with Crippen LogP contribution in [0.4, 0.5) is 5.95 Å². The first-order chi connectivity index (χ1) is 12.0. The zero-order valence-electron chi connectivity index (χ0n) is 14.0. The number of carbonyl (C=O) groups is 1. The van der Waals surface area contributed by atoms with Crippen molar-refractivity contribution < 1.29 is 19.4 Å². The minimum atomic E-state index is -0.305. The van der Waals surface area contributed by atoms with Crippen LogP contribution in [0.3, 0.4) is 0 Å². The van der Waals surface area contributed by atoms with Gasteiger partial charge in [-0.25, -0.2) is 4.98 Å². The Morgan fingerprint density at radius 3 is 2.36 bits per heavy atom. The number of amides is 1. The highest BCUT2D eigenvalue weighted by Gasteiger charge is 2.11. The highest BCUT2D eigenvalue weighted by molar-refractivity contribution is 5.92. The number of ether oxygens (including phenoxy) is 2. The highest BCUT2D eigenvalue weighted by atomic mass is 16.5. The predicted molar refractivity (Wildman–Crippen MR) is 94.0 cm³/mol. The van der Waals surface area contributed by atoms with Crippen molar-refractivity contribution in [3.05, 3.63) is 36.4 Å². The van der Waals surface area contributed by atoms with E-state index in [1.165, 1.54) is 6.92 Å². The van der Waals surface area contributed by atoms with Crippen LogP contribution in [-0.2, 0) is 4.79 Å². The number of fused-ring (bicyclic) bond motifs is 1. The maximum Gasteiger partial charge on any atom is 0.233 e. The van der Waals surface area contributed by atoms with Gasteiger partial charge in [0.15, 0.2) is 11.5 Å². The van der Waals surface area contributed by atoms with Gasteiger partial charge in [-0.3, -0.25) is 10.1 Å². The van der Waals surface area contributed by atoms with E-state index in [9.17, 15) is 9.90 Å². The number of nitrogens with zero attached hydrogens (tertiary/aromatic N) is 2. The third-order valence-electron chi connectivity index (χ3n) is 3.68. The van der Waals surface area contributed by atoms with Crippen LogP contribution in [-0.4, -0.2) is 35.2 Å². The summed E-state index contributed by atoms with van der Waals surface area (Å²) in [6, 6.07) is 11.0. The average molecular weight is 339 g/mol. The molecule has 0 aliphatic heterocycles. The van der Waals surface area contributed by atoms with Crippen molar-refractivity contribution >= 4 is 22.8 Å². The van der Waals surface area contributed by atoms with Crippen LogP contribution in [0, 0.1) is 0 Å². The topological polar surface area (TPSA) is 93.6 Å². The average Bonchev–Trinajstić information content (AvgIpc) is 2.60. The quantitative estimate of drug-likeness (QED) is 0.759. The molecule has 25 heavy (non-hydrogen) atoms. The second kappa shape index (κ2) is 6.64. The molecule has 1 amide bonds. The van der Waals surface area contributed by atoms with Crippen LogP contribution < -0.4 is 14.8 Å². The van der Waals surface area contributed by atoms with E-state index in [-0.39, 0.29) is 17.7 Å². The molecular formula is C18H17N3O4. The highest BCUT2D eigenvalue weighted by Crippen LogP contribution is 2.34. The molecule has 2 aromatic carbocycles. The molecule has 1 heterocycles. The first-order valence-electron chi connectivity index (χ1n) is 7.52. The van der Waals surface area contributed by atoms with Crippen LogP contribution in [0.25, 0.3) is 22.0 Å². The van der Waals surface area contributed by atoms with Gasteiger partial charge >= 0.3 is 0 Å². The lowest BCUT2D eigenvalue weighted by molar-refractivity contribution is -0.114. The van der Waals surface area contributed by atoms with Gasteiger partial charge in [0, 0.05) is 6.92 Å². The number of aromatic hydroxyl groups is 1. The molecule has 0 aliphatic rings. The van der Waals surface area contributed by atoms with E-state index >= 15 is 0 Å². The molecule has 7 heteroatoms. The van der Waals surface area contributed by atoms with Gasteiger partial charge in [-0.2, -0.15) is 4.98 Å². The van der Waals surface area contributed by atoms with Gasteiger partial charge in [0.1, 0.15) is 0 Å². The molecule has 0 radical (unpaired) electrons. The minimum absolute atomic E-state index is 0.0661. The molecule has 0 saturated carbocycles. The Kier molecular flexibility index (Phi) is 4.38. The van der Waals surface area contributed by atoms with Gasteiger partial charge in [-0.05, 0) is 35.4 Å². The van der Waals surface area contributed by atoms with E-state index in [0.29, 0.717) is 22.4 Å². The molecule has 0 unspecified atom stereocenters. The largest absolute Gasteiger partial charge is 0.493 e. The summed E-state index contributed by atoms with van der Waals surface area (Å²) in [5.74, 6) is 0.813. The normalized spacial score (nSPS) is 10.5. The second-order valence-corrected chi connectivity index (χ2v) is 5.35. The summed E-state index contributed by atoms with van der Waals surface area (Å²) in [4.78, 5) is 19.2. The second-order valence-electron chi connectivity index (χ2n) is 5.35. The summed E-state index contributed by atoms with van der Waals surface area (Å²) < 4.78 is 10.6. The summed E-state index contributed by atoms with van der Waals surface area (Å²) in [7, 11) is 3.15. The Hall–Kier alpha value is -3.35. The Morgan fingerprint density at radius 2 is 1.68 bits per heavy atom. The zero-order valence-corrected chi connectivity index (χ0v) is 14.0. The first kappa shape index (κ1) is 16.5. The maximum absolute atomic E-state index is 11.1. The number of carbonyl (C=O) groups excluding carboxylic acids is 1. The van der Waals surface area contributed by atoms with Crippen LogP contribution in [0.2, 0.25) is 0 Å².